The van der Waals surface area contributed by atoms with Gasteiger partial charge in [0.1, 0.15) is 11.4 Å². The van der Waals surface area contributed by atoms with Gasteiger partial charge in [0.15, 0.2) is 5.11 Å². The lowest BCUT2D eigenvalue weighted by Gasteiger charge is -2.18. The predicted molar refractivity (Wildman–Crippen MR) is 121 cm³/mol. The molecule has 0 spiro atoms. The Morgan fingerprint density at radius 3 is 3.03 bits per heavy atom. The molecule has 2 aliphatic heterocycles. The first kappa shape index (κ1) is 20.8. The van der Waals surface area contributed by atoms with Crippen molar-refractivity contribution in [3.63, 3.8) is 0 Å². The number of thioether (sulfide) groups is 1. The normalized spacial score (nSPS) is 20.1. The van der Waals surface area contributed by atoms with Crippen molar-refractivity contribution in [2.24, 2.45) is 0 Å². The monoisotopic (exact) mass is 441 g/mol. The molecule has 156 valence electrons. The number of nitrogens with zero attached hydrogens (tertiary/aromatic N) is 2. The number of carbonyl (C=O) groups is 1. The first-order valence-electron chi connectivity index (χ1n) is 9.81. The molecule has 4 rings (SSSR count). The SMILES string of the molecule is COc1ccc(C=C2NC(=S)N(CC3CCCO3)C2=O)cc1CSc1ccccn1. The van der Waals surface area contributed by atoms with Crippen LogP contribution in [0, 0.1) is 0 Å². The Morgan fingerprint density at radius 1 is 1.40 bits per heavy atom. The highest BCUT2D eigenvalue weighted by Crippen LogP contribution is 2.29. The van der Waals surface area contributed by atoms with Crippen molar-refractivity contribution in [1.82, 2.24) is 15.2 Å². The fourth-order valence-electron chi connectivity index (χ4n) is 3.48. The minimum Gasteiger partial charge on any atom is -0.496 e. The Hall–Kier alpha value is -2.42. The van der Waals surface area contributed by atoms with Crippen LogP contribution in [0.5, 0.6) is 5.75 Å². The molecule has 1 aromatic carbocycles. The van der Waals surface area contributed by atoms with E-state index in [1.807, 2.05) is 42.5 Å². The molecule has 1 aromatic heterocycles. The second-order valence-corrected chi connectivity index (χ2v) is 8.45. The summed E-state index contributed by atoms with van der Waals surface area (Å²) in [6.07, 6.45) is 5.66. The van der Waals surface area contributed by atoms with E-state index >= 15 is 0 Å². The number of benzene rings is 1. The van der Waals surface area contributed by atoms with E-state index in [-0.39, 0.29) is 12.0 Å². The lowest BCUT2D eigenvalue weighted by atomic mass is 10.1. The van der Waals surface area contributed by atoms with Gasteiger partial charge in [-0.2, -0.15) is 0 Å². The highest BCUT2D eigenvalue weighted by atomic mass is 32.2. The molecule has 0 radical (unpaired) electrons. The molecule has 0 bridgehead atoms. The van der Waals surface area contributed by atoms with Gasteiger partial charge >= 0.3 is 0 Å². The summed E-state index contributed by atoms with van der Waals surface area (Å²) in [6, 6.07) is 11.7. The van der Waals surface area contributed by atoms with Crippen LogP contribution < -0.4 is 10.1 Å². The van der Waals surface area contributed by atoms with Gasteiger partial charge in [0.05, 0.1) is 24.8 Å². The molecule has 1 unspecified atom stereocenters. The number of methoxy groups -OCH3 is 1. The number of nitrogens with one attached hydrogen (secondary N) is 1. The minimum absolute atomic E-state index is 0.0595. The number of pyridine rings is 1. The van der Waals surface area contributed by atoms with Crippen LogP contribution in [-0.2, 0) is 15.3 Å². The van der Waals surface area contributed by atoms with E-state index < -0.39 is 0 Å². The first-order chi connectivity index (χ1) is 14.6. The number of hydrogen-bond acceptors (Lipinski definition) is 6. The summed E-state index contributed by atoms with van der Waals surface area (Å²) in [5, 5.41) is 4.43. The predicted octanol–water partition coefficient (Wildman–Crippen LogP) is 3.62. The zero-order valence-electron chi connectivity index (χ0n) is 16.7. The van der Waals surface area contributed by atoms with Crippen molar-refractivity contribution >= 4 is 41.1 Å². The van der Waals surface area contributed by atoms with Gasteiger partial charge in [0, 0.05) is 24.1 Å². The van der Waals surface area contributed by atoms with Gasteiger partial charge in [-0.15, -0.1) is 11.8 Å². The van der Waals surface area contributed by atoms with E-state index in [9.17, 15) is 4.79 Å². The molecule has 1 N–H and O–H groups in total. The van der Waals surface area contributed by atoms with Crippen molar-refractivity contribution < 1.29 is 14.3 Å². The molecule has 2 aromatic rings. The number of thiocarbonyl (C=S) groups is 1. The zero-order chi connectivity index (χ0) is 20.9. The topological polar surface area (TPSA) is 63.7 Å². The van der Waals surface area contributed by atoms with Crippen LogP contribution in [-0.4, -0.2) is 47.3 Å². The molecule has 1 atom stereocenters. The number of ether oxygens (including phenoxy) is 2. The maximum absolute atomic E-state index is 12.8. The number of hydrogen-bond donors (Lipinski definition) is 1. The van der Waals surface area contributed by atoms with Gasteiger partial charge in [-0.1, -0.05) is 12.1 Å². The van der Waals surface area contributed by atoms with Crippen molar-refractivity contribution in [2.75, 3.05) is 20.3 Å². The lowest BCUT2D eigenvalue weighted by molar-refractivity contribution is -0.123. The Kier molecular flexibility index (Phi) is 6.66. The van der Waals surface area contributed by atoms with E-state index in [0.29, 0.717) is 23.1 Å². The summed E-state index contributed by atoms with van der Waals surface area (Å²) >= 11 is 7.01. The van der Waals surface area contributed by atoms with Crippen LogP contribution >= 0.6 is 24.0 Å². The zero-order valence-corrected chi connectivity index (χ0v) is 18.3. The first-order valence-corrected chi connectivity index (χ1v) is 11.2. The molecular weight excluding hydrogens is 418 g/mol. The summed E-state index contributed by atoms with van der Waals surface area (Å²) in [4.78, 5) is 18.8. The van der Waals surface area contributed by atoms with Crippen LogP contribution in [0.1, 0.15) is 24.0 Å². The molecule has 6 nitrogen and oxygen atoms in total. The average Bonchev–Trinajstić information content (AvgIpc) is 3.37. The maximum atomic E-state index is 12.8. The summed E-state index contributed by atoms with van der Waals surface area (Å²) in [6.45, 7) is 1.25. The summed E-state index contributed by atoms with van der Waals surface area (Å²) in [7, 11) is 1.66. The third kappa shape index (κ3) is 4.83. The molecule has 0 aliphatic carbocycles. The molecule has 2 aliphatic rings. The van der Waals surface area contributed by atoms with E-state index in [0.717, 1.165) is 41.4 Å². The summed E-state index contributed by atoms with van der Waals surface area (Å²) in [5.74, 6) is 1.40. The smallest absolute Gasteiger partial charge is 0.276 e. The Morgan fingerprint density at radius 2 is 2.30 bits per heavy atom. The van der Waals surface area contributed by atoms with Gasteiger partial charge in [-0.25, -0.2) is 4.98 Å². The van der Waals surface area contributed by atoms with Gasteiger partial charge < -0.3 is 14.8 Å². The number of aromatic nitrogens is 1. The van der Waals surface area contributed by atoms with Crippen LogP contribution in [0.15, 0.2) is 53.3 Å². The Balaban J connectivity index is 1.49. The third-order valence-electron chi connectivity index (χ3n) is 5.00. The largest absolute Gasteiger partial charge is 0.496 e. The maximum Gasteiger partial charge on any atom is 0.276 e. The van der Waals surface area contributed by atoms with Crippen molar-refractivity contribution in [3.05, 3.63) is 59.4 Å². The molecular formula is C22H23N3O3S2. The van der Waals surface area contributed by atoms with Crippen LogP contribution in [0.25, 0.3) is 6.08 Å². The van der Waals surface area contributed by atoms with E-state index in [1.54, 1.807) is 30.0 Å². The highest BCUT2D eigenvalue weighted by Gasteiger charge is 2.33. The lowest BCUT2D eigenvalue weighted by Crippen LogP contribution is -2.37. The molecule has 2 fully saturated rings. The van der Waals surface area contributed by atoms with Crippen LogP contribution in [0.2, 0.25) is 0 Å². The molecule has 30 heavy (non-hydrogen) atoms. The second-order valence-electron chi connectivity index (χ2n) is 7.07. The molecule has 3 heterocycles. The van der Waals surface area contributed by atoms with Gasteiger partial charge in [-0.05, 0) is 61.0 Å². The molecule has 8 heteroatoms. The third-order valence-corrected chi connectivity index (χ3v) is 6.32. The van der Waals surface area contributed by atoms with Crippen molar-refractivity contribution in [2.45, 2.75) is 29.7 Å². The van der Waals surface area contributed by atoms with Crippen LogP contribution in [0.3, 0.4) is 0 Å². The summed E-state index contributed by atoms with van der Waals surface area (Å²) in [5.41, 5.74) is 2.42. The highest BCUT2D eigenvalue weighted by molar-refractivity contribution is 7.98. The Bertz CT molecular complexity index is 959. The molecule has 1 amide bonds. The molecule has 2 saturated heterocycles. The number of carbonyl (C=O) groups excluding carboxylic acids is 1. The average molecular weight is 442 g/mol. The Labute approximate surface area is 185 Å². The van der Waals surface area contributed by atoms with E-state index in [1.165, 1.54) is 0 Å². The van der Waals surface area contributed by atoms with E-state index in [2.05, 4.69) is 10.3 Å². The fraction of sp³-hybridized carbons (Fsp3) is 0.318. The summed E-state index contributed by atoms with van der Waals surface area (Å²) < 4.78 is 11.2. The standard InChI is InChI=1S/C22H23N3O3S2/c1-27-19-8-7-15(11-16(19)14-30-20-6-2-3-9-23-20)12-18-21(26)25(22(29)24-18)13-17-5-4-10-28-17/h2-3,6-9,11-12,17H,4-5,10,13-14H2,1H3,(H,24,29). The quantitative estimate of drug-likeness (QED) is 0.400. The second kappa shape index (κ2) is 9.59. The van der Waals surface area contributed by atoms with Crippen LogP contribution in [0.4, 0.5) is 0 Å². The van der Waals surface area contributed by atoms with Crippen molar-refractivity contribution in [3.8, 4) is 5.75 Å². The van der Waals surface area contributed by atoms with Gasteiger partial charge in [-0.3, -0.25) is 9.69 Å². The molecule has 0 saturated carbocycles. The number of amides is 1. The minimum atomic E-state index is -0.115. The van der Waals surface area contributed by atoms with Gasteiger partial charge in [0.25, 0.3) is 5.91 Å². The van der Waals surface area contributed by atoms with Crippen molar-refractivity contribution in [1.29, 1.82) is 0 Å². The fourth-order valence-corrected chi connectivity index (χ4v) is 4.59. The number of rotatable bonds is 7. The van der Waals surface area contributed by atoms with Gasteiger partial charge in [0.2, 0.25) is 0 Å². The van der Waals surface area contributed by atoms with E-state index in [4.69, 9.17) is 21.7 Å².